The summed E-state index contributed by atoms with van der Waals surface area (Å²) < 4.78 is 14.5. The summed E-state index contributed by atoms with van der Waals surface area (Å²) in [5.41, 5.74) is 2.36. The Morgan fingerprint density at radius 1 is 0.909 bits per heavy atom. The molecule has 7 aromatic rings. The molecule has 5 aromatic carbocycles. The van der Waals surface area contributed by atoms with Crippen molar-refractivity contribution in [2.24, 2.45) is 5.10 Å². The second-order valence-electron chi connectivity index (χ2n) is 10.1. The zero-order chi connectivity index (χ0) is 30.2. The summed E-state index contributed by atoms with van der Waals surface area (Å²) in [6, 6.07) is 32.8. The van der Waals surface area contributed by atoms with Crippen molar-refractivity contribution in [3.8, 4) is 17.3 Å². The Kier molecular flexibility index (Phi) is 7.00. The fraction of sp³-hybridized carbons (Fsp3) is 0.0286. The molecule has 0 fully saturated rings. The number of fused-ring (bicyclic) bond motifs is 3. The van der Waals surface area contributed by atoms with Gasteiger partial charge in [-0.25, -0.2) is 9.78 Å². The Morgan fingerprint density at radius 3 is 2.59 bits per heavy atom. The van der Waals surface area contributed by atoms with E-state index in [1.54, 1.807) is 42.6 Å². The highest BCUT2D eigenvalue weighted by molar-refractivity contribution is 9.10. The van der Waals surface area contributed by atoms with Crippen molar-refractivity contribution in [2.75, 3.05) is 0 Å². The molecule has 0 spiro atoms. The minimum atomic E-state index is -1.01. The Hall–Kier alpha value is -5.54. The summed E-state index contributed by atoms with van der Waals surface area (Å²) in [5.74, 6) is 0.161. The summed E-state index contributed by atoms with van der Waals surface area (Å²) in [6.07, 6.45) is 1.59. The van der Waals surface area contributed by atoms with Crippen molar-refractivity contribution in [1.29, 1.82) is 0 Å². The maximum absolute atomic E-state index is 13.8. The van der Waals surface area contributed by atoms with E-state index in [9.17, 15) is 14.7 Å². The van der Waals surface area contributed by atoms with Crippen LogP contribution in [0.25, 0.3) is 44.2 Å². The second kappa shape index (κ2) is 11.3. The maximum atomic E-state index is 13.8. The number of carboxylic acid groups (broad SMARTS) is 1. The molecule has 2 heterocycles. The number of carbonyl (C=O) groups is 1. The van der Waals surface area contributed by atoms with Gasteiger partial charge in [-0.1, -0.05) is 70.5 Å². The lowest BCUT2D eigenvalue weighted by atomic mass is 10.0. The predicted molar refractivity (Wildman–Crippen MR) is 174 cm³/mol. The second-order valence-corrected chi connectivity index (χ2v) is 11.0. The van der Waals surface area contributed by atoms with Crippen LogP contribution < -0.4 is 10.3 Å². The highest BCUT2D eigenvalue weighted by atomic mass is 79.9. The minimum Gasteiger partial charge on any atom is -0.488 e. The number of nitrogens with zero attached hydrogens (tertiary/aromatic N) is 3. The number of furan rings is 1. The maximum Gasteiger partial charge on any atom is 0.335 e. The monoisotopic (exact) mass is 643 g/mol. The zero-order valence-electron chi connectivity index (χ0n) is 23.0. The van der Waals surface area contributed by atoms with Crippen molar-refractivity contribution >= 4 is 60.8 Å². The number of benzene rings is 5. The number of carboxylic acids is 1. The van der Waals surface area contributed by atoms with Gasteiger partial charge in [0.05, 0.1) is 22.7 Å². The van der Waals surface area contributed by atoms with Crippen LogP contribution in [0.15, 0.2) is 128 Å². The van der Waals surface area contributed by atoms with Crippen LogP contribution in [0, 0.1) is 0 Å². The third-order valence-electron chi connectivity index (χ3n) is 7.25. The average Bonchev–Trinajstić information content (AvgIpc) is 3.46. The van der Waals surface area contributed by atoms with Crippen LogP contribution in [0.3, 0.4) is 0 Å². The quantitative estimate of drug-likeness (QED) is 0.177. The molecule has 8 nitrogen and oxygen atoms in total. The first-order valence-electron chi connectivity index (χ1n) is 13.7. The number of aromatic nitrogens is 2. The van der Waals surface area contributed by atoms with E-state index in [1.165, 1.54) is 10.7 Å². The van der Waals surface area contributed by atoms with Crippen molar-refractivity contribution in [3.05, 3.63) is 141 Å². The van der Waals surface area contributed by atoms with Gasteiger partial charge < -0.3 is 14.3 Å². The van der Waals surface area contributed by atoms with Crippen LogP contribution in [-0.2, 0) is 6.61 Å². The molecule has 0 unspecified atom stereocenters. The van der Waals surface area contributed by atoms with Gasteiger partial charge in [0.2, 0.25) is 5.82 Å². The molecule has 0 saturated heterocycles. The van der Waals surface area contributed by atoms with E-state index in [4.69, 9.17) is 14.1 Å². The van der Waals surface area contributed by atoms with Crippen molar-refractivity contribution in [2.45, 2.75) is 6.61 Å². The molecule has 0 aliphatic rings. The molecule has 0 aliphatic heterocycles. The highest BCUT2D eigenvalue weighted by Crippen LogP contribution is 2.30. The Balaban J connectivity index is 1.36. The molecule has 214 valence electrons. The van der Waals surface area contributed by atoms with E-state index in [2.05, 4.69) is 21.0 Å². The average molecular weight is 644 g/mol. The van der Waals surface area contributed by atoms with Crippen LogP contribution in [0.1, 0.15) is 21.5 Å². The predicted octanol–water partition coefficient (Wildman–Crippen LogP) is 7.88. The fourth-order valence-electron chi connectivity index (χ4n) is 5.12. The van der Waals surface area contributed by atoms with Crippen LogP contribution in [0.5, 0.6) is 5.75 Å². The van der Waals surface area contributed by atoms with E-state index < -0.39 is 5.97 Å². The molecule has 0 amide bonds. The van der Waals surface area contributed by atoms with Gasteiger partial charge in [0.15, 0.2) is 5.76 Å². The van der Waals surface area contributed by atoms with E-state index in [0.29, 0.717) is 39.1 Å². The largest absolute Gasteiger partial charge is 0.488 e. The topological polar surface area (TPSA) is 107 Å². The molecule has 9 heteroatoms. The van der Waals surface area contributed by atoms with Gasteiger partial charge in [-0.15, -0.1) is 0 Å². The van der Waals surface area contributed by atoms with Crippen LogP contribution in [-0.4, -0.2) is 27.0 Å². The lowest BCUT2D eigenvalue weighted by Crippen LogP contribution is -2.20. The van der Waals surface area contributed by atoms with E-state index in [1.807, 2.05) is 66.7 Å². The molecular weight excluding hydrogens is 622 g/mol. The standard InChI is InChI=1S/C35H22BrN3O5/c36-25-13-15-30-24(17-25)18-32(44-30)33-38-29-11-4-3-10-27(29)34(40)39(33)37-19-28-26-9-2-1-7-22(26)12-14-31(28)43-20-21-6-5-8-23(16-21)35(41)42/h1-19H,20H2,(H,41,42). The lowest BCUT2D eigenvalue weighted by Gasteiger charge is -2.13. The van der Waals surface area contributed by atoms with E-state index >= 15 is 0 Å². The number of aromatic carboxylic acids is 1. The number of para-hydroxylation sites is 1. The van der Waals surface area contributed by atoms with E-state index in [0.717, 1.165) is 20.6 Å². The first kappa shape index (κ1) is 27.3. The molecule has 0 saturated carbocycles. The van der Waals surface area contributed by atoms with Crippen molar-refractivity contribution in [3.63, 3.8) is 0 Å². The van der Waals surface area contributed by atoms with Gasteiger partial charge in [0.25, 0.3) is 5.56 Å². The highest BCUT2D eigenvalue weighted by Gasteiger charge is 2.17. The van der Waals surface area contributed by atoms with Gasteiger partial charge in [-0.3, -0.25) is 4.79 Å². The molecule has 0 radical (unpaired) electrons. The molecular formula is C35H22BrN3O5. The zero-order valence-corrected chi connectivity index (χ0v) is 24.6. The number of hydrogen-bond acceptors (Lipinski definition) is 6. The molecule has 0 bridgehead atoms. The number of ether oxygens (including phenoxy) is 1. The lowest BCUT2D eigenvalue weighted by molar-refractivity contribution is 0.0696. The summed E-state index contributed by atoms with van der Waals surface area (Å²) >= 11 is 3.50. The normalized spacial score (nSPS) is 11.6. The Morgan fingerprint density at radius 2 is 1.73 bits per heavy atom. The van der Waals surface area contributed by atoms with Crippen LogP contribution >= 0.6 is 15.9 Å². The van der Waals surface area contributed by atoms with Crippen molar-refractivity contribution < 1.29 is 19.1 Å². The number of rotatable bonds is 7. The third-order valence-corrected chi connectivity index (χ3v) is 7.75. The minimum absolute atomic E-state index is 0.136. The first-order chi connectivity index (χ1) is 21.4. The number of halogens is 1. The van der Waals surface area contributed by atoms with Gasteiger partial charge in [0, 0.05) is 15.4 Å². The van der Waals surface area contributed by atoms with Gasteiger partial charge >= 0.3 is 5.97 Å². The van der Waals surface area contributed by atoms with Gasteiger partial charge in [0.1, 0.15) is 17.9 Å². The molecule has 0 aliphatic carbocycles. The molecule has 1 N–H and O–H groups in total. The smallest absolute Gasteiger partial charge is 0.335 e. The Labute approximate surface area is 258 Å². The third kappa shape index (κ3) is 5.14. The van der Waals surface area contributed by atoms with Crippen LogP contribution in [0.2, 0.25) is 0 Å². The molecule has 0 atom stereocenters. The number of hydrogen-bond donors (Lipinski definition) is 1. The van der Waals surface area contributed by atoms with Crippen LogP contribution in [0.4, 0.5) is 0 Å². The summed E-state index contributed by atoms with van der Waals surface area (Å²) in [5, 5.41) is 17.2. The first-order valence-corrected chi connectivity index (χ1v) is 14.5. The van der Waals surface area contributed by atoms with E-state index in [-0.39, 0.29) is 23.6 Å². The van der Waals surface area contributed by atoms with Crippen molar-refractivity contribution in [1.82, 2.24) is 9.66 Å². The molecule has 7 rings (SSSR count). The molecule has 44 heavy (non-hydrogen) atoms. The summed E-state index contributed by atoms with van der Waals surface area (Å²) in [4.78, 5) is 30.1. The van der Waals surface area contributed by atoms with Gasteiger partial charge in [-0.2, -0.15) is 9.78 Å². The molecule has 2 aromatic heterocycles. The fourth-order valence-corrected chi connectivity index (χ4v) is 5.50. The SMILES string of the molecule is O=C(O)c1cccc(COc2ccc3ccccc3c2C=Nn2c(-c3cc4cc(Br)ccc4o3)nc3ccccc3c2=O)c1. The summed E-state index contributed by atoms with van der Waals surface area (Å²) in [7, 11) is 0. The Bertz CT molecular complexity index is 2320. The van der Waals surface area contributed by atoms with Gasteiger partial charge in [-0.05, 0) is 70.9 Å². The summed E-state index contributed by atoms with van der Waals surface area (Å²) in [6.45, 7) is 0.136.